The smallest absolute Gasteiger partial charge is 0.259 e. The van der Waals surface area contributed by atoms with Gasteiger partial charge in [-0.2, -0.15) is 5.10 Å². The lowest BCUT2D eigenvalue weighted by Gasteiger charge is -2.07. The van der Waals surface area contributed by atoms with Gasteiger partial charge < -0.3 is 19.5 Å². The number of nitrogens with one attached hydrogen (secondary N) is 2. The predicted octanol–water partition coefficient (Wildman–Crippen LogP) is 2.37. The number of rotatable bonds is 10. The van der Waals surface area contributed by atoms with Crippen molar-refractivity contribution in [3.8, 4) is 17.2 Å². The van der Waals surface area contributed by atoms with Gasteiger partial charge in [-0.15, -0.1) is 0 Å². The van der Waals surface area contributed by atoms with Crippen LogP contribution in [-0.2, 0) is 4.79 Å². The summed E-state index contributed by atoms with van der Waals surface area (Å²) in [4.78, 5) is 24.0. The van der Waals surface area contributed by atoms with Gasteiger partial charge in [0.25, 0.3) is 11.8 Å². The molecule has 2 aromatic carbocycles. The summed E-state index contributed by atoms with van der Waals surface area (Å²) in [6, 6.07) is 11.9. The zero-order chi connectivity index (χ0) is 21.1. The molecular formula is C21H25N3O5. The first-order valence-electron chi connectivity index (χ1n) is 9.12. The standard InChI is InChI=1S/C21H25N3O5/c1-4-11-29-17-7-5-15(6-8-17)21(26)22-14-20(25)24-23-13-16-12-18(27-2)9-10-19(16)28-3/h5-10,12-13H,4,11,14H2,1-3H3,(H,22,26)(H,24,25)/b23-13-. The number of carbonyl (C=O) groups excluding carboxylic acids is 2. The van der Waals surface area contributed by atoms with E-state index in [0.29, 0.717) is 35.0 Å². The number of amides is 2. The van der Waals surface area contributed by atoms with Crippen LogP contribution in [0.4, 0.5) is 0 Å². The number of benzene rings is 2. The molecule has 2 amide bonds. The van der Waals surface area contributed by atoms with Crippen LogP contribution in [0.3, 0.4) is 0 Å². The van der Waals surface area contributed by atoms with Crippen LogP contribution in [0.2, 0.25) is 0 Å². The number of hydrogen-bond acceptors (Lipinski definition) is 6. The van der Waals surface area contributed by atoms with Crippen molar-refractivity contribution in [3.63, 3.8) is 0 Å². The van der Waals surface area contributed by atoms with Gasteiger partial charge in [0.15, 0.2) is 0 Å². The van der Waals surface area contributed by atoms with E-state index in [0.717, 1.165) is 6.42 Å². The van der Waals surface area contributed by atoms with Crippen molar-refractivity contribution in [3.05, 3.63) is 53.6 Å². The van der Waals surface area contributed by atoms with Crippen LogP contribution in [0.5, 0.6) is 17.2 Å². The molecule has 0 bridgehead atoms. The van der Waals surface area contributed by atoms with E-state index < -0.39 is 5.91 Å². The molecule has 154 valence electrons. The maximum absolute atomic E-state index is 12.1. The van der Waals surface area contributed by atoms with Crippen molar-refractivity contribution in [2.24, 2.45) is 5.10 Å². The van der Waals surface area contributed by atoms with Crippen LogP contribution in [0.15, 0.2) is 47.6 Å². The molecule has 0 aromatic heterocycles. The number of hydrogen-bond donors (Lipinski definition) is 2. The van der Waals surface area contributed by atoms with Crippen molar-refractivity contribution >= 4 is 18.0 Å². The minimum atomic E-state index is -0.459. The van der Waals surface area contributed by atoms with E-state index in [9.17, 15) is 9.59 Å². The SMILES string of the molecule is CCCOc1ccc(C(=O)NCC(=O)N/N=C\c2cc(OC)ccc2OC)cc1. The lowest BCUT2D eigenvalue weighted by atomic mass is 10.2. The maximum Gasteiger partial charge on any atom is 0.259 e. The third-order valence-corrected chi connectivity index (χ3v) is 3.83. The van der Waals surface area contributed by atoms with Crippen LogP contribution in [0.1, 0.15) is 29.3 Å². The Kier molecular flexibility index (Phi) is 8.50. The van der Waals surface area contributed by atoms with Gasteiger partial charge in [0.2, 0.25) is 0 Å². The van der Waals surface area contributed by atoms with Crippen molar-refractivity contribution in [2.45, 2.75) is 13.3 Å². The number of carbonyl (C=O) groups is 2. The summed E-state index contributed by atoms with van der Waals surface area (Å²) in [5.74, 6) is 1.10. The lowest BCUT2D eigenvalue weighted by Crippen LogP contribution is -2.34. The number of methoxy groups -OCH3 is 2. The predicted molar refractivity (Wildman–Crippen MR) is 110 cm³/mol. The van der Waals surface area contributed by atoms with E-state index >= 15 is 0 Å². The quantitative estimate of drug-likeness (QED) is 0.472. The molecule has 8 nitrogen and oxygen atoms in total. The van der Waals surface area contributed by atoms with Gasteiger partial charge in [-0.25, -0.2) is 5.43 Å². The maximum atomic E-state index is 12.1. The minimum Gasteiger partial charge on any atom is -0.497 e. The fourth-order valence-electron chi connectivity index (χ4n) is 2.34. The first-order chi connectivity index (χ1) is 14.1. The zero-order valence-corrected chi connectivity index (χ0v) is 16.7. The summed E-state index contributed by atoms with van der Waals surface area (Å²) >= 11 is 0. The molecule has 0 aliphatic heterocycles. The fraction of sp³-hybridized carbons (Fsp3) is 0.286. The highest BCUT2D eigenvalue weighted by Gasteiger charge is 2.08. The van der Waals surface area contributed by atoms with Crippen LogP contribution in [-0.4, -0.2) is 45.4 Å². The molecule has 0 saturated carbocycles. The Bertz CT molecular complexity index is 850. The average molecular weight is 399 g/mol. The molecule has 0 aliphatic carbocycles. The highest BCUT2D eigenvalue weighted by atomic mass is 16.5. The largest absolute Gasteiger partial charge is 0.497 e. The van der Waals surface area contributed by atoms with Crippen LogP contribution >= 0.6 is 0 Å². The van der Waals surface area contributed by atoms with Crippen molar-refractivity contribution < 1.29 is 23.8 Å². The van der Waals surface area contributed by atoms with Crippen LogP contribution in [0, 0.1) is 0 Å². The van der Waals surface area contributed by atoms with Crippen LogP contribution < -0.4 is 25.0 Å². The molecule has 0 saturated heterocycles. The monoisotopic (exact) mass is 399 g/mol. The molecule has 0 unspecified atom stereocenters. The summed E-state index contributed by atoms with van der Waals surface area (Å²) in [7, 11) is 3.09. The van der Waals surface area contributed by atoms with Gasteiger partial charge in [-0.3, -0.25) is 9.59 Å². The number of hydrazone groups is 1. The summed E-state index contributed by atoms with van der Waals surface area (Å²) in [5, 5.41) is 6.43. The summed E-state index contributed by atoms with van der Waals surface area (Å²) in [6.45, 7) is 2.43. The molecule has 2 N–H and O–H groups in total. The summed E-state index contributed by atoms with van der Waals surface area (Å²) in [5.41, 5.74) is 3.44. The van der Waals surface area contributed by atoms with E-state index in [2.05, 4.69) is 15.8 Å². The second kappa shape index (κ2) is 11.3. The lowest BCUT2D eigenvalue weighted by molar-refractivity contribution is -0.120. The van der Waals surface area contributed by atoms with Crippen molar-refractivity contribution in [1.82, 2.24) is 10.7 Å². The van der Waals surface area contributed by atoms with Crippen molar-refractivity contribution in [1.29, 1.82) is 0 Å². The van der Waals surface area contributed by atoms with Crippen molar-refractivity contribution in [2.75, 3.05) is 27.4 Å². The molecule has 8 heteroatoms. The molecule has 0 atom stereocenters. The van der Waals surface area contributed by atoms with Gasteiger partial charge >= 0.3 is 0 Å². The number of ether oxygens (including phenoxy) is 3. The highest BCUT2D eigenvalue weighted by Crippen LogP contribution is 2.22. The Hall–Kier alpha value is -3.55. The highest BCUT2D eigenvalue weighted by molar-refractivity contribution is 5.96. The Morgan fingerprint density at radius 1 is 1.03 bits per heavy atom. The molecule has 0 spiro atoms. The Morgan fingerprint density at radius 2 is 1.76 bits per heavy atom. The van der Waals surface area contributed by atoms with E-state index in [4.69, 9.17) is 14.2 Å². The first-order valence-corrected chi connectivity index (χ1v) is 9.12. The third kappa shape index (κ3) is 6.84. The van der Waals surface area contributed by atoms with E-state index in [1.54, 1.807) is 49.6 Å². The molecule has 2 aromatic rings. The van der Waals surface area contributed by atoms with E-state index in [-0.39, 0.29) is 12.5 Å². The summed E-state index contributed by atoms with van der Waals surface area (Å²) < 4.78 is 15.9. The molecule has 2 rings (SSSR count). The topological polar surface area (TPSA) is 98.2 Å². The number of nitrogens with zero attached hydrogens (tertiary/aromatic N) is 1. The molecule has 0 fully saturated rings. The van der Waals surface area contributed by atoms with Gasteiger partial charge in [-0.1, -0.05) is 6.92 Å². The first kappa shape index (κ1) is 21.7. The van der Waals surface area contributed by atoms with E-state index in [1.165, 1.54) is 13.3 Å². The Labute approximate surface area is 169 Å². The van der Waals surface area contributed by atoms with Gasteiger partial charge in [0.1, 0.15) is 17.2 Å². The molecule has 0 radical (unpaired) electrons. The van der Waals surface area contributed by atoms with Gasteiger partial charge in [0, 0.05) is 11.1 Å². The van der Waals surface area contributed by atoms with E-state index in [1.807, 2.05) is 6.92 Å². The second-order valence-electron chi connectivity index (χ2n) is 5.96. The second-order valence-corrected chi connectivity index (χ2v) is 5.96. The molecule has 0 aliphatic rings. The zero-order valence-electron chi connectivity index (χ0n) is 16.7. The third-order valence-electron chi connectivity index (χ3n) is 3.83. The summed E-state index contributed by atoms with van der Waals surface area (Å²) in [6.07, 6.45) is 2.35. The molecular weight excluding hydrogens is 374 g/mol. The molecule has 29 heavy (non-hydrogen) atoms. The average Bonchev–Trinajstić information content (AvgIpc) is 2.76. The van der Waals surface area contributed by atoms with Gasteiger partial charge in [-0.05, 0) is 48.9 Å². The minimum absolute atomic E-state index is 0.209. The van der Waals surface area contributed by atoms with Gasteiger partial charge in [0.05, 0.1) is 33.6 Å². The fourth-order valence-corrected chi connectivity index (χ4v) is 2.34. The Balaban J connectivity index is 1.83. The molecule has 0 heterocycles. The van der Waals surface area contributed by atoms with Crippen LogP contribution in [0.25, 0.3) is 0 Å². The Morgan fingerprint density at radius 3 is 2.41 bits per heavy atom. The normalized spacial score (nSPS) is 10.4.